The van der Waals surface area contributed by atoms with Crippen LogP contribution in [0.3, 0.4) is 0 Å². The van der Waals surface area contributed by atoms with Gasteiger partial charge in [0.25, 0.3) is 0 Å². The van der Waals surface area contributed by atoms with Crippen molar-refractivity contribution >= 4 is 5.91 Å². The van der Waals surface area contributed by atoms with E-state index in [2.05, 4.69) is 11.9 Å². The van der Waals surface area contributed by atoms with Gasteiger partial charge in [-0.05, 0) is 18.6 Å². The fourth-order valence-electron chi connectivity index (χ4n) is 1.60. The summed E-state index contributed by atoms with van der Waals surface area (Å²) in [4.78, 5) is 11.7. The topological polar surface area (TPSA) is 73.6 Å². The second-order valence-corrected chi connectivity index (χ2v) is 4.03. The molecule has 0 saturated heterocycles. The predicted octanol–water partition coefficient (Wildman–Crippen LogP) is 1.22. The molecule has 1 amide bonds. The average Bonchev–Trinajstić information content (AvgIpc) is 2.44. The van der Waals surface area contributed by atoms with Crippen molar-refractivity contribution in [2.75, 3.05) is 14.2 Å². The van der Waals surface area contributed by atoms with Gasteiger partial charge < -0.3 is 20.5 Å². The van der Waals surface area contributed by atoms with Crippen LogP contribution >= 0.6 is 0 Å². The molecule has 5 heteroatoms. The molecule has 0 radical (unpaired) electrons. The molecular weight excluding hydrogens is 244 g/mol. The van der Waals surface area contributed by atoms with E-state index in [1.165, 1.54) is 0 Å². The lowest BCUT2D eigenvalue weighted by atomic mass is 10.1. The van der Waals surface area contributed by atoms with E-state index in [0.717, 1.165) is 5.56 Å². The number of ether oxygens (including phenoxy) is 2. The monoisotopic (exact) mass is 264 g/mol. The van der Waals surface area contributed by atoms with Crippen LogP contribution in [0.4, 0.5) is 0 Å². The molecule has 0 saturated carbocycles. The lowest BCUT2D eigenvalue weighted by molar-refractivity contribution is -0.122. The number of nitrogens with two attached hydrogens (primary N) is 1. The van der Waals surface area contributed by atoms with E-state index < -0.39 is 6.04 Å². The lowest BCUT2D eigenvalue weighted by Gasteiger charge is -2.13. The highest BCUT2D eigenvalue weighted by Gasteiger charge is 2.12. The Morgan fingerprint density at radius 2 is 2.21 bits per heavy atom. The normalized spacial score (nSPS) is 11.5. The van der Waals surface area contributed by atoms with Gasteiger partial charge in [-0.1, -0.05) is 6.08 Å². The minimum Gasteiger partial charge on any atom is -0.497 e. The van der Waals surface area contributed by atoms with Crippen LogP contribution in [0.2, 0.25) is 0 Å². The SMILES string of the molecule is C=CCC(N)C(=O)NCc1ccc(OC)cc1OC. The third-order valence-electron chi connectivity index (χ3n) is 2.70. The Hall–Kier alpha value is -2.01. The van der Waals surface area contributed by atoms with Gasteiger partial charge in [-0.3, -0.25) is 4.79 Å². The zero-order valence-corrected chi connectivity index (χ0v) is 11.3. The van der Waals surface area contributed by atoms with Gasteiger partial charge in [0.15, 0.2) is 0 Å². The molecule has 5 nitrogen and oxygen atoms in total. The molecule has 1 aromatic rings. The largest absolute Gasteiger partial charge is 0.497 e. The fraction of sp³-hybridized carbons (Fsp3) is 0.357. The van der Waals surface area contributed by atoms with E-state index in [0.29, 0.717) is 24.5 Å². The summed E-state index contributed by atoms with van der Waals surface area (Å²) in [5.41, 5.74) is 6.54. The summed E-state index contributed by atoms with van der Waals surface area (Å²) in [6.07, 6.45) is 2.07. The van der Waals surface area contributed by atoms with Crippen LogP contribution < -0.4 is 20.5 Å². The van der Waals surface area contributed by atoms with Crippen LogP contribution in [0.25, 0.3) is 0 Å². The second kappa shape index (κ2) is 7.43. The van der Waals surface area contributed by atoms with Crippen LogP contribution in [0.1, 0.15) is 12.0 Å². The van der Waals surface area contributed by atoms with E-state index in [-0.39, 0.29) is 5.91 Å². The molecule has 0 heterocycles. The molecule has 0 aliphatic rings. The summed E-state index contributed by atoms with van der Waals surface area (Å²) < 4.78 is 10.4. The van der Waals surface area contributed by atoms with Gasteiger partial charge in [-0.25, -0.2) is 0 Å². The van der Waals surface area contributed by atoms with Gasteiger partial charge >= 0.3 is 0 Å². The highest BCUT2D eigenvalue weighted by molar-refractivity contribution is 5.81. The number of rotatable bonds is 7. The maximum absolute atomic E-state index is 11.7. The Bertz CT molecular complexity index is 446. The first-order valence-corrected chi connectivity index (χ1v) is 5.97. The van der Waals surface area contributed by atoms with Crippen molar-refractivity contribution in [2.24, 2.45) is 5.73 Å². The van der Waals surface area contributed by atoms with Gasteiger partial charge in [-0.15, -0.1) is 6.58 Å². The first kappa shape index (κ1) is 15.0. The number of amides is 1. The van der Waals surface area contributed by atoms with E-state index in [4.69, 9.17) is 15.2 Å². The van der Waals surface area contributed by atoms with Crippen molar-refractivity contribution in [3.8, 4) is 11.5 Å². The van der Waals surface area contributed by atoms with Gasteiger partial charge in [0.1, 0.15) is 11.5 Å². The maximum Gasteiger partial charge on any atom is 0.237 e. The Morgan fingerprint density at radius 1 is 1.47 bits per heavy atom. The summed E-state index contributed by atoms with van der Waals surface area (Å²) in [7, 11) is 3.16. The first-order chi connectivity index (χ1) is 9.12. The van der Waals surface area contributed by atoms with Gasteiger partial charge in [0.2, 0.25) is 5.91 Å². The molecule has 0 fully saturated rings. The van der Waals surface area contributed by atoms with Gasteiger partial charge in [-0.2, -0.15) is 0 Å². The van der Waals surface area contributed by atoms with Gasteiger partial charge in [0.05, 0.1) is 20.3 Å². The maximum atomic E-state index is 11.7. The molecule has 19 heavy (non-hydrogen) atoms. The molecule has 0 aliphatic heterocycles. The molecular formula is C14H20N2O3. The number of benzene rings is 1. The Labute approximate surface area is 113 Å². The van der Waals surface area contributed by atoms with Crippen LogP contribution in [0.15, 0.2) is 30.9 Å². The minimum absolute atomic E-state index is 0.210. The number of hydrogen-bond acceptors (Lipinski definition) is 4. The van der Waals surface area contributed by atoms with E-state index >= 15 is 0 Å². The van der Waals surface area contributed by atoms with Crippen molar-refractivity contribution in [3.63, 3.8) is 0 Å². The van der Waals surface area contributed by atoms with Crippen molar-refractivity contribution in [3.05, 3.63) is 36.4 Å². The third-order valence-corrected chi connectivity index (χ3v) is 2.70. The zero-order chi connectivity index (χ0) is 14.3. The van der Waals surface area contributed by atoms with Crippen molar-refractivity contribution in [1.29, 1.82) is 0 Å². The number of nitrogens with one attached hydrogen (secondary N) is 1. The van der Waals surface area contributed by atoms with Crippen molar-refractivity contribution < 1.29 is 14.3 Å². The molecule has 0 aliphatic carbocycles. The van der Waals surface area contributed by atoms with Crippen LogP contribution in [0, 0.1) is 0 Å². The number of methoxy groups -OCH3 is 2. The summed E-state index contributed by atoms with van der Waals surface area (Å²) in [5, 5.41) is 2.76. The molecule has 1 unspecified atom stereocenters. The smallest absolute Gasteiger partial charge is 0.237 e. The Morgan fingerprint density at radius 3 is 2.79 bits per heavy atom. The summed E-state index contributed by atoms with van der Waals surface area (Å²) >= 11 is 0. The molecule has 0 spiro atoms. The Balaban J connectivity index is 2.67. The molecule has 0 aromatic heterocycles. The molecule has 1 aromatic carbocycles. The first-order valence-electron chi connectivity index (χ1n) is 5.97. The summed E-state index contributed by atoms with van der Waals surface area (Å²) in [5.74, 6) is 1.16. The number of hydrogen-bond donors (Lipinski definition) is 2. The lowest BCUT2D eigenvalue weighted by Crippen LogP contribution is -2.39. The summed E-state index contributed by atoms with van der Waals surface area (Å²) in [6, 6.07) is 4.86. The van der Waals surface area contributed by atoms with Crippen molar-refractivity contribution in [2.45, 2.75) is 19.0 Å². The highest BCUT2D eigenvalue weighted by atomic mass is 16.5. The molecule has 3 N–H and O–H groups in total. The van der Waals surface area contributed by atoms with Crippen LogP contribution in [-0.4, -0.2) is 26.2 Å². The van der Waals surface area contributed by atoms with Crippen LogP contribution in [0.5, 0.6) is 11.5 Å². The second-order valence-electron chi connectivity index (χ2n) is 4.03. The van der Waals surface area contributed by atoms with E-state index in [1.54, 1.807) is 26.4 Å². The predicted molar refractivity (Wildman–Crippen MR) is 74.2 cm³/mol. The van der Waals surface area contributed by atoms with Crippen molar-refractivity contribution in [1.82, 2.24) is 5.32 Å². The van der Waals surface area contributed by atoms with Gasteiger partial charge in [0, 0.05) is 18.2 Å². The average molecular weight is 264 g/mol. The quantitative estimate of drug-likeness (QED) is 0.726. The summed E-state index contributed by atoms with van der Waals surface area (Å²) in [6.45, 7) is 3.91. The molecule has 0 bridgehead atoms. The molecule has 1 atom stereocenters. The van der Waals surface area contributed by atoms with E-state index in [9.17, 15) is 4.79 Å². The van der Waals surface area contributed by atoms with E-state index in [1.807, 2.05) is 12.1 Å². The Kier molecular flexibility index (Phi) is 5.89. The third kappa shape index (κ3) is 4.30. The fourth-order valence-corrected chi connectivity index (χ4v) is 1.60. The standard InChI is InChI=1S/C14H20N2O3/c1-4-5-12(15)14(17)16-9-10-6-7-11(18-2)8-13(10)19-3/h4,6-8,12H,1,5,9,15H2,2-3H3,(H,16,17). The highest BCUT2D eigenvalue weighted by Crippen LogP contribution is 2.24. The number of carbonyl (C=O) groups excluding carboxylic acids is 1. The van der Waals surface area contributed by atoms with Crippen LogP contribution in [-0.2, 0) is 11.3 Å². The zero-order valence-electron chi connectivity index (χ0n) is 11.3. The number of carbonyl (C=O) groups is 1. The molecule has 104 valence electrons. The minimum atomic E-state index is -0.568. The molecule has 1 rings (SSSR count).